The van der Waals surface area contributed by atoms with Gasteiger partial charge in [-0.1, -0.05) is 18.2 Å². The molecule has 5 rings (SSSR count). The highest BCUT2D eigenvalue weighted by Crippen LogP contribution is 2.41. The van der Waals surface area contributed by atoms with E-state index in [1.165, 1.54) is 6.07 Å². The molecule has 1 aliphatic rings. The van der Waals surface area contributed by atoms with Crippen molar-refractivity contribution in [3.8, 4) is 17.2 Å². The summed E-state index contributed by atoms with van der Waals surface area (Å²) in [7, 11) is 0. The first-order valence-electron chi connectivity index (χ1n) is 8.48. The minimum atomic E-state index is -0.587. The van der Waals surface area contributed by atoms with Crippen LogP contribution in [0, 0.1) is 17.1 Å². The van der Waals surface area contributed by atoms with Crippen LogP contribution in [0.25, 0.3) is 32.2 Å². The molecule has 0 amide bonds. The Morgan fingerprint density at radius 1 is 1.19 bits per heavy atom. The lowest BCUT2D eigenvalue weighted by Gasteiger charge is -2.14. The molecule has 0 unspecified atom stereocenters. The third kappa shape index (κ3) is 2.27. The molecule has 0 atom stereocenters. The number of hydrogen-bond donors (Lipinski definition) is 1. The van der Waals surface area contributed by atoms with E-state index in [-0.39, 0.29) is 22.4 Å². The average molecular weight is 377 g/mol. The van der Waals surface area contributed by atoms with E-state index in [9.17, 15) is 19.2 Å². The van der Waals surface area contributed by atoms with Gasteiger partial charge in [-0.3, -0.25) is 14.0 Å². The summed E-state index contributed by atoms with van der Waals surface area (Å²) in [4.78, 5) is 25.5. The number of benzene rings is 2. The van der Waals surface area contributed by atoms with Crippen LogP contribution in [0.2, 0.25) is 0 Å². The number of nitrogens with one attached hydrogen (secondary N) is 1. The fourth-order valence-electron chi connectivity index (χ4n) is 3.57. The summed E-state index contributed by atoms with van der Waals surface area (Å²) < 4.78 is 19.5. The van der Waals surface area contributed by atoms with Gasteiger partial charge in [0.2, 0.25) is 5.43 Å². The van der Waals surface area contributed by atoms with E-state index in [4.69, 9.17) is 0 Å². The summed E-state index contributed by atoms with van der Waals surface area (Å²) in [5.74, 6) is -0.587. The quantitative estimate of drug-likeness (QED) is 0.575. The molecule has 1 saturated carbocycles. The Hall–Kier alpha value is -3.24. The number of H-pyrrole nitrogens is 1. The van der Waals surface area contributed by atoms with Gasteiger partial charge in [0.15, 0.2) is 0 Å². The van der Waals surface area contributed by atoms with Gasteiger partial charge in [-0.05, 0) is 42.6 Å². The van der Waals surface area contributed by atoms with Gasteiger partial charge < -0.3 is 4.57 Å². The number of hydrogen-bond acceptors (Lipinski definition) is 4. The number of pyridine rings is 1. The zero-order valence-corrected chi connectivity index (χ0v) is 14.8. The summed E-state index contributed by atoms with van der Waals surface area (Å²) in [6.07, 6.45) is 1.89. The van der Waals surface area contributed by atoms with Crippen LogP contribution in [0.5, 0.6) is 0 Å². The first kappa shape index (κ1) is 16.0. The Bertz CT molecular complexity index is 1400. The number of nitrogens with zero attached hydrogens (tertiary/aromatic N) is 2. The number of aromatic amines is 1. The van der Waals surface area contributed by atoms with Gasteiger partial charge in [-0.25, -0.2) is 4.39 Å². The van der Waals surface area contributed by atoms with Crippen molar-refractivity contribution >= 4 is 32.7 Å². The topological polar surface area (TPSA) is 78.7 Å². The van der Waals surface area contributed by atoms with Crippen molar-refractivity contribution in [2.75, 3.05) is 0 Å². The van der Waals surface area contributed by atoms with Crippen molar-refractivity contribution < 1.29 is 4.39 Å². The van der Waals surface area contributed by atoms with Gasteiger partial charge in [0.1, 0.15) is 16.0 Å². The molecule has 0 bridgehead atoms. The van der Waals surface area contributed by atoms with Crippen molar-refractivity contribution in [2.24, 2.45) is 0 Å². The third-order valence-electron chi connectivity index (χ3n) is 4.97. The van der Waals surface area contributed by atoms with Crippen LogP contribution in [0.4, 0.5) is 4.39 Å². The molecule has 0 radical (unpaired) electrons. The number of nitriles is 1. The second-order valence-electron chi connectivity index (χ2n) is 6.65. The molecule has 0 aliphatic heterocycles. The van der Waals surface area contributed by atoms with Crippen molar-refractivity contribution in [3.63, 3.8) is 0 Å². The summed E-state index contributed by atoms with van der Waals surface area (Å²) in [6.45, 7) is 0. The van der Waals surface area contributed by atoms with Crippen LogP contribution in [0.3, 0.4) is 0 Å². The van der Waals surface area contributed by atoms with E-state index >= 15 is 0 Å². The van der Waals surface area contributed by atoms with Crippen LogP contribution in [-0.4, -0.2) is 8.94 Å². The average Bonchev–Trinajstić information content (AvgIpc) is 3.44. The molecule has 27 heavy (non-hydrogen) atoms. The molecular formula is C20H12FN3O2S. The lowest BCUT2D eigenvalue weighted by atomic mass is 9.98. The largest absolute Gasteiger partial charge is 0.328 e. The van der Waals surface area contributed by atoms with Crippen molar-refractivity contribution in [1.82, 2.24) is 8.94 Å². The van der Waals surface area contributed by atoms with E-state index in [0.717, 1.165) is 24.4 Å². The first-order chi connectivity index (χ1) is 13.1. The smallest absolute Gasteiger partial charge is 0.271 e. The first-order valence-corrected chi connectivity index (χ1v) is 9.30. The van der Waals surface area contributed by atoms with Crippen LogP contribution in [0.1, 0.15) is 24.4 Å². The predicted octanol–water partition coefficient (Wildman–Crippen LogP) is 3.92. The van der Waals surface area contributed by atoms with Crippen LogP contribution < -0.4 is 11.0 Å². The Labute approximate surface area is 156 Å². The second-order valence-corrected chi connectivity index (χ2v) is 7.45. The van der Waals surface area contributed by atoms with E-state index in [0.29, 0.717) is 21.5 Å². The summed E-state index contributed by atoms with van der Waals surface area (Å²) in [6, 6.07) is 11.9. The number of halogens is 1. The molecule has 2 aromatic heterocycles. The maximum Gasteiger partial charge on any atom is 0.271 e. The molecule has 1 fully saturated rings. The third-order valence-corrected chi connectivity index (χ3v) is 5.85. The van der Waals surface area contributed by atoms with Crippen molar-refractivity contribution in [3.05, 3.63) is 68.4 Å². The van der Waals surface area contributed by atoms with E-state index in [1.807, 2.05) is 4.57 Å². The maximum atomic E-state index is 14.9. The van der Waals surface area contributed by atoms with Crippen molar-refractivity contribution in [2.45, 2.75) is 18.9 Å². The minimum absolute atomic E-state index is 0.0870. The zero-order chi connectivity index (χ0) is 18.7. The van der Waals surface area contributed by atoms with Gasteiger partial charge in [0, 0.05) is 22.6 Å². The Morgan fingerprint density at radius 2 is 1.96 bits per heavy atom. The predicted molar refractivity (Wildman–Crippen MR) is 103 cm³/mol. The Kier molecular flexibility index (Phi) is 3.33. The zero-order valence-electron chi connectivity index (χ0n) is 14.0. The van der Waals surface area contributed by atoms with Crippen molar-refractivity contribution in [1.29, 1.82) is 5.26 Å². The van der Waals surface area contributed by atoms with E-state index < -0.39 is 16.8 Å². The lowest BCUT2D eigenvalue weighted by molar-refractivity contribution is 0.632. The van der Waals surface area contributed by atoms with Gasteiger partial charge in [-0.15, -0.1) is 0 Å². The SMILES string of the molecule is N#Cc1ccccc1-c1cc2c(cc1F)c(=O)c1c(=O)[nH]sc1n2C1CC1. The minimum Gasteiger partial charge on any atom is -0.328 e. The van der Waals surface area contributed by atoms with E-state index in [1.54, 1.807) is 30.3 Å². The molecule has 132 valence electrons. The molecule has 0 saturated heterocycles. The van der Waals surface area contributed by atoms with Gasteiger partial charge >= 0.3 is 0 Å². The Morgan fingerprint density at radius 3 is 2.70 bits per heavy atom. The second kappa shape index (κ2) is 5.63. The highest BCUT2D eigenvalue weighted by molar-refractivity contribution is 7.12. The standard InChI is InChI=1S/C20H12FN3O2S/c21-15-7-14-16(8-13(15)12-4-2-1-3-10(12)9-22)24(11-5-6-11)20-17(18(14)25)19(26)23-27-20/h1-4,7-8,11H,5-6H2,(H,23,26). The van der Waals surface area contributed by atoms with Gasteiger partial charge in [-0.2, -0.15) is 5.26 Å². The molecule has 2 heterocycles. The fourth-order valence-corrected chi connectivity index (χ4v) is 4.49. The van der Waals surface area contributed by atoms with E-state index in [2.05, 4.69) is 10.4 Å². The van der Waals surface area contributed by atoms with Gasteiger partial charge in [0.05, 0.1) is 17.1 Å². The molecular weight excluding hydrogens is 365 g/mol. The highest BCUT2D eigenvalue weighted by atomic mass is 32.1. The molecule has 0 spiro atoms. The summed E-state index contributed by atoms with van der Waals surface area (Å²) in [5, 5.41) is 9.64. The van der Waals surface area contributed by atoms with Crippen LogP contribution >= 0.6 is 11.5 Å². The fraction of sp³-hybridized carbons (Fsp3) is 0.150. The van der Waals surface area contributed by atoms with Gasteiger partial charge in [0.25, 0.3) is 5.56 Å². The highest BCUT2D eigenvalue weighted by Gasteiger charge is 2.29. The molecule has 1 aliphatic carbocycles. The molecule has 4 aromatic rings. The number of fused-ring (bicyclic) bond motifs is 2. The molecule has 1 N–H and O–H groups in total. The molecule has 7 heteroatoms. The van der Waals surface area contributed by atoms with Crippen LogP contribution in [0.15, 0.2) is 46.0 Å². The monoisotopic (exact) mass is 377 g/mol. The molecule has 5 nitrogen and oxygen atoms in total. The molecule has 2 aromatic carbocycles. The number of rotatable bonds is 2. The maximum absolute atomic E-state index is 14.9. The lowest BCUT2D eigenvalue weighted by Crippen LogP contribution is -2.15. The van der Waals surface area contributed by atoms with Crippen LogP contribution in [-0.2, 0) is 0 Å². The Balaban J connectivity index is 1.95. The normalized spacial score (nSPS) is 13.9. The summed E-state index contributed by atoms with van der Waals surface area (Å²) >= 11 is 1.13. The summed E-state index contributed by atoms with van der Waals surface area (Å²) in [5.41, 5.74) is 0.819. The number of aromatic nitrogens is 2.